The van der Waals surface area contributed by atoms with Gasteiger partial charge in [0.1, 0.15) is 0 Å². The minimum atomic E-state index is -0.685. The molecule has 15 heavy (non-hydrogen) atoms. The van der Waals surface area contributed by atoms with Crippen LogP contribution in [0.15, 0.2) is 12.2 Å². The Morgan fingerprint density at radius 2 is 1.93 bits per heavy atom. The van der Waals surface area contributed by atoms with Crippen molar-refractivity contribution in [2.24, 2.45) is 5.92 Å². The normalized spacial score (nSPS) is 18.4. The lowest BCUT2D eigenvalue weighted by Crippen LogP contribution is -2.04. The molecule has 1 aliphatic carbocycles. The van der Waals surface area contributed by atoms with Gasteiger partial charge >= 0.3 is 5.97 Å². The summed E-state index contributed by atoms with van der Waals surface area (Å²) in [5, 5.41) is 8.45. The number of carbonyl (C=O) groups is 1. The summed E-state index contributed by atoms with van der Waals surface area (Å²) in [6, 6.07) is 0. The molecule has 0 aliphatic heterocycles. The minimum Gasteiger partial charge on any atom is -0.481 e. The van der Waals surface area contributed by atoms with E-state index < -0.39 is 5.97 Å². The maximum atomic E-state index is 10.3. The van der Waals surface area contributed by atoms with E-state index >= 15 is 0 Å². The van der Waals surface area contributed by atoms with E-state index in [1.165, 1.54) is 38.5 Å². The van der Waals surface area contributed by atoms with Gasteiger partial charge in [-0.1, -0.05) is 44.3 Å². The Kier molecular flexibility index (Phi) is 6.14. The summed E-state index contributed by atoms with van der Waals surface area (Å²) in [6.45, 7) is 0. The fourth-order valence-corrected chi connectivity index (χ4v) is 2.20. The average Bonchev–Trinajstić information content (AvgIpc) is 2.24. The zero-order valence-corrected chi connectivity index (χ0v) is 9.45. The molecular formula is C13H22O2. The molecule has 0 bridgehead atoms. The predicted molar refractivity (Wildman–Crippen MR) is 61.8 cm³/mol. The van der Waals surface area contributed by atoms with E-state index in [4.69, 9.17) is 5.11 Å². The predicted octanol–water partition coefficient (Wildman–Crippen LogP) is 3.77. The van der Waals surface area contributed by atoms with Gasteiger partial charge in [-0.25, -0.2) is 0 Å². The van der Waals surface area contributed by atoms with Gasteiger partial charge in [0.05, 0.1) is 0 Å². The van der Waals surface area contributed by atoms with Gasteiger partial charge in [0.2, 0.25) is 0 Å². The Labute approximate surface area is 92.4 Å². The lowest BCUT2D eigenvalue weighted by atomic mass is 9.87. The smallest absolute Gasteiger partial charge is 0.303 e. The molecule has 0 amide bonds. The van der Waals surface area contributed by atoms with Crippen LogP contribution in [0, 0.1) is 5.92 Å². The summed E-state index contributed by atoms with van der Waals surface area (Å²) in [4.78, 5) is 10.3. The Bertz CT molecular complexity index is 203. The second-order valence-corrected chi connectivity index (χ2v) is 4.50. The third-order valence-corrected chi connectivity index (χ3v) is 3.12. The summed E-state index contributed by atoms with van der Waals surface area (Å²) in [7, 11) is 0. The van der Waals surface area contributed by atoms with Crippen molar-refractivity contribution in [1.82, 2.24) is 0 Å². The van der Waals surface area contributed by atoms with Crippen LogP contribution < -0.4 is 0 Å². The van der Waals surface area contributed by atoms with Crippen LogP contribution in [0.1, 0.15) is 57.8 Å². The Balaban J connectivity index is 1.98. The van der Waals surface area contributed by atoms with Crippen molar-refractivity contribution in [3.63, 3.8) is 0 Å². The van der Waals surface area contributed by atoms with Gasteiger partial charge in [-0.3, -0.25) is 4.79 Å². The Hall–Kier alpha value is -0.790. The maximum Gasteiger partial charge on any atom is 0.303 e. The lowest BCUT2D eigenvalue weighted by molar-refractivity contribution is -0.137. The molecule has 1 N–H and O–H groups in total. The van der Waals surface area contributed by atoms with Crippen molar-refractivity contribution < 1.29 is 9.90 Å². The highest BCUT2D eigenvalue weighted by atomic mass is 16.4. The van der Waals surface area contributed by atoms with Gasteiger partial charge in [0.15, 0.2) is 0 Å². The largest absolute Gasteiger partial charge is 0.481 e. The third-order valence-electron chi connectivity index (χ3n) is 3.12. The highest BCUT2D eigenvalue weighted by molar-refractivity contribution is 5.66. The van der Waals surface area contributed by atoms with Gasteiger partial charge in [-0.15, -0.1) is 0 Å². The van der Waals surface area contributed by atoms with Crippen molar-refractivity contribution in [1.29, 1.82) is 0 Å². The quantitative estimate of drug-likeness (QED) is 0.535. The van der Waals surface area contributed by atoms with Crippen LogP contribution in [-0.4, -0.2) is 11.1 Å². The molecule has 0 heterocycles. The van der Waals surface area contributed by atoms with Gasteiger partial charge in [0.25, 0.3) is 0 Å². The first-order valence-corrected chi connectivity index (χ1v) is 6.16. The summed E-state index contributed by atoms with van der Waals surface area (Å²) < 4.78 is 0. The summed E-state index contributed by atoms with van der Waals surface area (Å²) in [6.07, 6.45) is 14.6. The van der Waals surface area contributed by atoms with Crippen molar-refractivity contribution >= 4 is 5.97 Å². The van der Waals surface area contributed by atoms with E-state index in [9.17, 15) is 4.79 Å². The molecule has 2 heteroatoms. The molecule has 0 aromatic carbocycles. The molecule has 1 aliphatic rings. The molecule has 1 fully saturated rings. The number of carboxylic acids is 1. The second-order valence-electron chi connectivity index (χ2n) is 4.50. The highest BCUT2D eigenvalue weighted by Gasteiger charge is 2.10. The first-order chi connectivity index (χ1) is 7.29. The molecule has 0 unspecified atom stereocenters. The average molecular weight is 210 g/mol. The van der Waals surface area contributed by atoms with E-state index in [-0.39, 0.29) is 0 Å². The van der Waals surface area contributed by atoms with Crippen molar-refractivity contribution in [2.45, 2.75) is 57.8 Å². The molecule has 86 valence electrons. The van der Waals surface area contributed by atoms with E-state index in [2.05, 4.69) is 12.2 Å². The van der Waals surface area contributed by atoms with Crippen LogP contribution >= 0.6 is 0 Å². The van der Waals surface area contributed by atoms with Crippen molar-refractivity contribution in [3.05, 3.63) is 12.2 Å². The molecule has 0 saturated heterocycles. The van der Waals surface area contributed by atoms with Crippen molar-refractivity contribution in [3.8, 4) is 0 Å². The molecule has 1 rings (SSSR count). The van der Waals surface area contributed by atoms with E-state index in [0.29, 0.717) is 6.42 Å². The zero-order chi connectivity index (χ0) is 10.9. The fourth-order valence-electron chi connectivity index (χ4n) is 2.20. The standard InChI is InChI=1S/C13H22O2/c14-13(15)11-7-2-1-4-8-12-9-5-3-6-10-12/h1,4,12H,2-3,5-11H2,(H,14,15). The highest BCUT2D eigenvalue weighted by Crippen LogP contribution is 2.26. The molecule has 0 aromatic heterocycles. The van der Waals surface area contributed by atoms with E-state index in [1.54, 1.807) is 0 Å². The maximum absolute atomic E-state index is 10.3. The number of hydrogen-bond acceptors (Lipinski definition) is 1. The van der Waals surface area contributed by atoms with Crippen molar-refractivity contribution in [2.75, 3.05) is 0 Å². The van der Waals surface area contributed by atoms with Crippen LogP contribution in [0.3, 0.4) is 0 Å². The molecular weight excluding hydrogens is 188 g/mol. The molecule has 0 atom stereocenters. The summed E-state index contributed by atoms with van der Waals surface area (Å²) >= 11 is 0. The second kappa shape index (κ2) is 7.49. The lowest BCUT2D eigenvalue weighted by Gasteiger charge is -2.19. The SMILES string of the molecule is O=C(O)CCCC=CCC1CCCCC1. The van der Waals surface area contributed by atoms with Gasteiger partial charge < -0.3 is 5.11 Å². The van der Waals surface area contributed by atoms with Crippen LogP contribution in [0.2, 0.25) is 0 Å². The molecule has 2 nitrogen and oxygen atoms in total. The number of hydrogen-bond donors (Lipinski definition) is 1. The third kappa shape index (κ3) is 6.32. The molecule has 0 radical (unpaired) electrons. The topological polar surface area (TPSA) is 37.3 Å². The van der Waals surface area contributed by atoms with Gasteiger partial charge in [-0.05, 0) is 25.2 Å². The fraction of sp³-hybridized carbons (Fsp3) is 0.769. The molecule has 0 aromatic rings. The zero-order valence-electron chi connectivity index (χ0n) is 9.45. The summed E-state index contributed by atoms with van der Waals surface area (Å²) in [5.41, 5.74) is 0. The van der Waals surface area contributed by atoms with Crippen LogP contribution in [-0.2, 0) is 4.79 Å². The number of unbranched alkanes of at least 4 members (excludes halogenated alkanes) is 1. The number of carboxylic acid groups (broad SMARTS) is 1. The number of allylic oxidation sites excluding steroid dienone is 2. The first kappa shape index (κ1) is 12.3. The summed E-state index contributed by atoms with van der Waals surface area (Å²) in [5.74, 6) is 0.213. The molecule has 1 saturated carbocycles. The van der Waals surface area contributed by atoms with Crippen LogP contribution in [0.25, 0.3) is 0 Å². The number of rotatable bonds is 6. The number of aliphatic carboxylic acids is 1. The van der Waals surface area contributed by atoms with Gasteiger partial charge in [-0.2, -0.15) is 0 Å². The van der Waals surface area contributed by atoms with E-state index in [1.807, 2.05) is 0 Å². The Morgan fingerprint density at radius 1 is 1.20 bits per heavy atom. The molecule has 0 spiro atoms. The van der Waals surface area contributed by atoms with Gasteiger partial charge in [0, 0.05) is 6.42 Å². The Morgan fingerprint density at radius 3 is 2.60 bits per heavy atom. The van der Waals surface area contributed by atoms with Crippen LogP contribution in [0.4, 0.5) is 0 Å². The first-order valence-electron chi connectivity index (χ1n) is 6.16. The monoisotopic (exact) mass is 210 g/mol. The minimum absolute atomic E-state index is 0.299. The van der Waals surface area contributed by atoms with Crippen LogP contribution in [0.5, 0.6) is 0 Å². The van der Waals surface area contributed by atoms with E-state index in [0.717, 1.165) is 18.8 Å².